The number of aromatic nitrogens is 1. The van der Waals surface area contributed by atoms with Crippen molar-refractivity contribution >= 4 is 5.91 Å². The number of likely N-dealkylation sites (tertiary alicyclic amines) is 1. The number of pyridine rings is 1. The van der Waals surface area contributed by atoms with E-state index in [2.05, 4.69) is 17.1 Å². The standard InChI is InChI=1S/C19H22N2O3/c1-13-10-18(23)17(11-20-13)19(24)21-8-6-16(7-9-21)15-4-2-14(12-22)3-5-15/h2-5,10-11,16,22H,6-9,12H2,1H3,(H,20,23). The summed E-state index contributed by atoms with van der Waals surface area (Å²) in [6.45, 7) is 3.15. The van der Waals surface area contributed by atoms with Crippen LogP contribution in [0.3, 0.4) is 0 Å². The molecule has 1 aliphatic rings. The molecule has 1 saturated heterocycles. The van der Waals surface area contributed by atoms with E-state index >= 15 is 0 Å². The molecule has 0 aliphatic carbocycles. The zero-order valence-electron chi connectivity index (χ0n) is 13.8. The molecule has 1 aromatic carbocycles. The minimum Gasteiger partial charge on any atom is -0.392 e. The van der Waals surface area contributed by atoms with Gasteiger partial charge in [0.15, 0.2) is 5.43 Å². The second-order valence-electron chi connectivity index (χ2n) is 6.36. The summed E-state index contributed by atoms with van der Waals surface area (Å²) >= 11 is 0. The predicted molar refractivity (Wildman–Crippen MR) is 92.0 cm³/mol. The Hall–Kier alpha value is -2.40. The second kappa shape index (κ2) is 7.01. The summed E-state index contributed by atoms with van der Waals surface area (Å²) in [6, 6.07) is 9.46. The highest BCUT2D eigenvalue weighted by Crippen LogP contribution is 2.28. The van der Waals surface area contributed by atoms with Crippen molar-refractivity contribution in [1.82, 2.24) is 9.88 Å². The maximum absolute atomic E-state index is 12.5. The number of hydrogen-bond donors (Lipinski definition) is 2. The summed E-state index contributed by atoms with van der Waals surface area (Å²) < 4.78 is 0. The molecule has 126 valence electrons. The molecule has 2 aromatic rings. The maximum Gasteiger partial charge on any atom is 0.259 e. The van der Waals surface area contributed by atoms with Gasteiger partial charge in [0.1, 0.15) is 5.56 Å². The van der Waals surface area contributed by atoms with Crippen LogP contribution in [0.25, 0.3) is 0 Å². The van der Waals surface area contributed by atoms with Crippen LogP contribution in [0.2, 0.25) is 0 Å². The normalized spacial score (nSPS) is 15.5. The predicted octanol–water partition coefficient (Wildman–Crippen LogP) is 2.20. The Balaban J connectivity index is 1.65. The molecule has 0 spiro atoms. The van der Waals surface area contributed by atoms with E-state index in [0.717, 1.165) is 24.1 Å². The van der Waals surface area contributed by atoms with Gasteiger partial charge in [0.05, 0.1) is 6.61 Å². The molecule has 2 heterocycles. The Morgan fingerprint density at radius 2 is 1.92 bits per heavy atom. The van der Waals surface area contributed by atoms with E-state index in [1.165, 1.54) is 17.8 Å². The lowest BCUT2D eigenvalue weighted by Crippen LogP contribution is -2.39. The number of aryl methyl sites for hydroxylation is 1. The summed E-state index contributed by atoms with van der Waals surface area (Å²) in [4.78, 5) is 29.2. The lowest BCUT2D eigenvalue weighted by molar-refractivity contribution is 0.0711. The molecule has 1 aliphatic heterocycles. The van der Waals surface area contributed by atoms with Crippen molar-refractivity contribution in [1.29, 1.82) is 0 Å². The van der Waals surface area contributed by atoms with Gasteiger partial charge in [-0.25, -0.2) is 0 Å². The zero-order chi connectivity index (χ0) is 17.1. The fraction of sp³-hybridized carbons (Fsp3) is 0.368. The van der Waals surface area contributed by atoms with E-state index < -0.39 is 0 Å². The number of piperidine rings is 1. The Labute approximate surface area is 140 Å². The Kier molecular flexibility index (Phi) is 4.81. The second-order valence-corrected chi connectivity index (χ2v) is 6.36. The Bertz CT molecular complexity index is 772. The van der Waals surface area contributed by atoms with Gasteiger partial charge in [-0.3, -0.25) is 9.59 Å². The number of hydrogen-bond acceptors (Lipinski definition) is 3. The molecule has 24 heavy (non-hydrogen) atoms. The lowest BCUT2D eigenvalue weighted by Gasteiger charge is -2.32. The van der Waals surface area contributed by atoms with Crippen LogP contribution in [0.4, 0.5) is 0 Å². The molecule has 5 heteroatoms. The van der Waals surface area contributed by atoms with Gasteiger partial charge in [-0.15, -0.1) is 0 Å². The van der Waals surface area contributed by atoms with Gasteiger partial charge in [-0.2, -0.15) is 0 Å². The van der Waals surface area contributed by atoms with Crippen LogP contribution in [-0.4, -0.2) is 34.0 Å². The monoisotopic (exact) mass is 326 g/mol. The lowest BCUT2D eigenvalue weighted by atomic mass is 9.89. The number of aliphatic hydroxyl groups excluding tert-OH is 1. The van der Waals surface area contributed by atoms with Crippen molar-refractivity contribution in [2.45, 2.75) is 32.3 Å². The molecule has 0 saturated carbocycles. The summed E-state index contributed by atoms with van der Waals surface area (Å²) in [5.74, 6) is 0.225. The van der Waals surface area contributed by atoms with E-state index in [9.17, 15) is 9.59 Å². The molecular formula is C19H22N2O3. The third-order valence-electron chi connectivity index (χ3n) is 4.70. The zero-order valence-corrected chi connectivity index (χ0v) is 13.8. The third-order valence-corrected chi connectivity index (χ3v) is 4.70. The van der Waals surface area contributed by atoms with Crippen LogP contribution in [0, 0.1) is 6.92 Å². The molecular weight excluding hydrogens is 304 g/mol. The van der Waals surface area contributed by atoms with Crippen LogP contribution in [-0.2, 0) is 6.61 Å². The van der Waals surface area contributed by atoms with Crippen molar-refractivity contribution in [3.8, 4) is 0 Å². The molecule has 1 aromatic heterocycles. The number of nitrogens with zero attached hydrogens (tertiary/aromatic N) is 1. The first-order valence-corrected chi connectivity index (χ1v) is 8.27. The van der Waals surface area contributed by atoms with Crippen molar-refractivity contribution in [3.05, 3.63) is 69.1 Å². The Morgan fingerprint density at radius 3 is 2.50 bits per heavy atom. The molecule has 2 N–H and O–H groups in total. The number of aromatic amines is 1. The minimum absolute atomic E-state index is 0.0539. The number of nitrogens with one attached hydrogen (secondary N) is 1. The summed E-state index contributed by atoms with van der Waals surface area (Å²) in [5, 5.41) is 9.11. The van der Waals surface area contributed by atoms with Gasteiger partial charge in [-0.1, -0.05) is 24.3 Å². The Morgan fingerprint density at radius 1 is 1.25 bits per heavy atom. The number of aliphatic hydroxyl groups is 1. The quantitative estimate of drug-likeness (QED) is 0.908. The number of benzene rings is 1. The molecule has 3 rings (SSSR count). The van der Waals surface area contributed by atoms with Crippen LogP contribution in [0.5, 0.6) is 0 Å². The van der Waals surface area contributed by atoms with Crippen LogP contribution < -0.4 is 5.43 Å². The maximum atomic E-state index is 12.5. The van der Waals surface area contributed by atoms with E-state index in [-0.39, 0.29) is 23.5 Å². The van der Waals surface area contributed by atoms with E-state index in [1.54, 1.807) is 11.8 Å². The summed E-state index contributed by atoms with van der Waals surface area (Å²) in [5.41, 5.74) is 2.89. The third kappa shape index (κ3) is 3.41. The van der Waals surface area contributed by atoms with Crippen LogP contribution in [0.15, 0.2) is 41.3 Å². The molecule has 1 amide bonds. The number of carbonyl (C=O) groups excluding carboxylic acids is 1. The number of rotatable bonds is 3. The highest BCUT2D eigenvalue weighted by atomic mass is 16.3. The van der Waals surface area contributed by atoms with Gasteiger partial charge in [0.2, 0.25) is 0 Å². The average Bonchev–Trinajstić information content (AvgIpc) is 2.61. The highest BCUT2D eigenvalue weighted by Gasteiger charge is 2.25. The summed E-state index contributed by atoms with van der Waals surface area (Å²) in [6.07, 6.45) is 3.28. The molecule has 0 radical (unpaired) electrons. The first kappa shape index (κ1) is 16.5. The molecule has 0 atom stereocenters. The van der Waals surface area contributed by atoms with Crippen LogP contribution >= 0.6 is 0 Å². The van der Waals surface area contributed by atoms with E-state index in [0.29, 0.717) is 19.0 Å². The van der Waals surface area contributed by atoms with Gasteiger partial charge in [0, 0.05) is 31.0 Å². The summed E-state index contributed by atoms with van der Waals surface area (Å²) in [7, 11) is 0. The van der Waals surface area contributed by atoms with Gasteiger partial charge < -0.3 is 15.0 Å². The number of H-pyrrole nitrogens is 1. The number of carbonyl (C=O) groups is 1. The van der Waals surface area contributed by atoms with Gasteiger partial charge >= 0.3 is 0 Å². The topological polar surface area (TPSA) is 73.4 Å². The fourth-order valence-electron chi connectivity index (χ4n) is 3.22. The van der Waals surface area contributed by atoms with Crippen molar-refractivity contribution in [3.63, 3.8) is 0 Å². The number of amides is 1. The first-order chi connectivity index (χ1) is 11.6. The largest absolute Gasteiger partial charge is 0.392 e. The van der Waals surface area contributed by atoms with Crippen molar-refractivity contribution in [2.75, 3.05) is 13.1 Å². The fourth-order valence-corrected chi connectivity index (χ4v) is 3.22. The van der Waals surface area contributed by atoms with Crippen LogP contribution in [0.1, 0.15) is 45.9 Å². The van der Waals surface area contributed by atoms with Crippen molar-refractivity contribution in [2.24, 2.45) is 0 Å². The molecule has 0 unspecified atom stereocenters. The van der Waals surface area contributed by atoms with E-state index in [1.807, 2.05) is 12.1 Å². The van der Waals surface area contributed by atoms with E-state index in [4.69, 9.17) is 5.11 Å². The first-order valence-electron chi connectivity index (χ1n) is 8.27. The SMILES string of the molecule is Cc1cc(=O)c(C(=O)N2CCC(c3ccc(CO)cc3)CC2)c[nH]1. The van der Waals surface area contributed by atoms with Gasteiger partial charge in [-0.05, 0) is 36.8 Å². The van der Waals surface area contributed by atoms with Crippen molar-refractivity contribution < 1.29 is 9.90 Å². The minimum atomic E-state index is -0.224. The van der Waals surface area contributed by atoms with Gasteiger partial charge in [0.25, 0.3) is 5.91 Å². The average molecular weight is 326 g/mol. The molecule has 1 fully saturated rings. The molecule has 0 bridgehead atoms. The molecule has 5 nitrogen and oxygen atoms in total. The highest BCUT2D eigenvalue weighted by molar-refractivity contribution is 5.93. The smallest absolute Gasteiger partial charge is 0.259 e.